The van der Waals surface area contributed by atoms with Crippen molar-refractivity contribution in [2.45, 2.75) is 19.6 Å². The molecule has 9 heteroatoms. The van der Waals surface area contributed by atoms with Crippen LogP contribution in [0.3, 0.4) is 0 Å². The number of hydrogen-bond donors (Lipinski definition) is 1. The predicted molar refractivity (Wildman–Crippen MR) is 165 cm³/mol. The maximum atomic E-state index is 16.1. The number of imidazole rings is 1. The van der Waals surface area contributed by atoms with Gasteiger partial charge < -0.3 is 14.6 Å². The number of aryl methyl sites for hydroxylation is 1. The molecule has 6 rings (SSSR count). The highest BCUT2D eigenvalue weighted by Gasteiger charge is 2.22. The van der Waals surface area contributed by atoms with Crippen LogP contribution in [-0.2, 0) is 31.5 Å². The van der Waals surface area contributed by atoms with Crippen LogP contribution in [0.5, 0.6) is 11.8 Å². The largest absolute Gasteiger partial charge is 0.481 e. The maximum Gasteiger partial charge on any atom is 0.333 e. The first-order valence-electron chi connectivity index (χ1n) is 13.9. The normalized spacial score (nSPS) is 11.0. The molecule has 1 N–H and O–H groups in total. The summed E-state index contributed by atoms with van der Waals surface area (Å²) in [5.41, 5.74) is 3.65. The van der Waals surface area contributed by atoms with E-state index in [4.69, 9.17) is 14.6 Å². The van der Waals surface area contributed by atoms with E-state index in [1.807, 2.05) is 60.7 Å². The zero-order chi connectivity index (χ0) is 30.6. The van der Waals surface area contributed by atoms with Gasteiger partial charge in [-0.05, 0) is 40.5 Å². The zero-order valence-electron chi connectivity index (χ0n) is 23.8. The third-order valence-electron chi connectivity index (χ3n) is 7.27. The van der Waals surface area contributed by atoms with Crippen LogP contribution >= 0.6 is 0 Å². The van der Waals surface area contributed by atoms with Gasteiger partial charge in [0.05, 0.1) is 11.9 Å². The molecule has 220 valence electrons. The minimum atomic E-state index is -0.945. The molecule has 0 aliphatic carbocycles. The Kier molecular flexibility index (Phi) is 7.92. The van der Waals surface area contributed by atoms with Crippen LogP contribution in [-0.4, -0.2) is 25.2 Å². The summed E-state index contributed by atoms with van der Waals surface area (Å²) >= 11 is 0. The number of pyridine rings is 1. The SMILES string of the molecule is Cn1c(=O)n(-c2ccc(OCc3ccccc3)nc2OCc2ccccc2)c2ccc(-c3ccc(CC(=O)O)cc3)c(F)c21. The minimum absolute atomic E-state index is 0.112. The quantitative estimate of drug-likeness (QED) is 0.201. The van der Waals surface area contributed by atoms with Gasteiger partial charge in [0.15, 0.2) is 5.82 Å². The van der Waals surface area contributed by atoms with E-state index in [2.05, 4.69) is 4.98 Å². The van der Waals surface area contributed by atoms with Crippen LogP contribution in [0.4, 0.5) is 4.39 Å². The van der Waals surface area contributed by atoms with Gasteiger partial charge in [-0.15, -0.1) is 0 Å². The molecule has 0 saturated heterocycles. The Morgan fingerprint density at radius 1 is 0.795 bits per heavy atom. The molecular formula is C35H28FN3O5. The number of aliphatic carboxylic acids is 1. The molecular weight excluding hydrogens is 561 g/mol. The van der Waals surface area contributed by atoms with Crippen molar-refractivity contribution < 1.29 is 23.8 Å². The molecule has 0 radical (unpaired) electrons. The lowest BCUT2D eigenvalue weighted by atomic mass is 10.0. The molecule has 0 unspecified atom stereocenters. The summed E-state index contributed by atoms with van der Waals surface area (Å²) in [7, 11) is 1.51. The van der Waals surface area contributed by atoms with Crippen LogP contribution < -0.4 is 15.2 Å². The molecule has 0 amide bonds. The smallest absolute Gasteiger partial charge is 0.333 e. The summed E-state index contributed by atoms with van der Waals surface area (Å²) in [4.78, 5) is 29.3. The van der Waals surface area contributed by atoms with Crippen LogP contribution in [0.15, 0.2) is 114 Å². The second kappa shape index (κ2) is 12.3. The molecule has 44 heavy (non-hydrogen) atoms. The van der Waals surface area contributed by atoms with Crippen molar-refractivity contribution in [3.05, 3.63) is 142 Å². The zero-order valence-corrected chi connectivity index (χ0v) is 23.8. The Bertz CT molecular complexity index is 2000. The number of carboxylic acid groups (broad SMARTS) is 1. The van der Waals surface area contributed by atoms with Gasteiger partial charge in [0.1, 0.15) is 24.4 Å². The summed E-state index contributed by atoms with van der Waals surface area (Å²) in [5.74, 6) is -1.05. The fraction of sp³-hybridized carbons (Fsp3) is 0.114. The van der Waals surface area contributed by atoms with Gasteiger partial charge in [0.2, 0.25) is 11.8 Å². The lowest BCUT2D eigenvalue weighted by Gasteiger charge is -2.14. The number of aromatic nitrogens is 3. The van der Waals surface area contributed by atoms with Gasteiger partial charge in [-0.2, -0.15) is 4.98 Å². The van der Waals surface area contributed by atoms with Gasteiger partial charge in [-0.1, -0.05) is 84.9 Å². The molecule has 2 aromatic heterocycles. The van der Waals surface area contributed by atoms with Crippen LogP contribution in [0.2, 0.25) is 0 Å². The molecule has 0 saturated carbocycles. The van der Waals surface area contributed by atoms with E-state index in [1.54, 1.807) is 48.5 Å². The van der Waals surface area contributed by atoms with E-state index in [1.165, 1.54) is 16.2 Å². The first-order chi connectivity index (χ1) is 21.4. The van der Waals surface area contributed by atoms with Gasteiger partial charge in [0.25, 0.3) is 0 Å². The fourth-order valence-corrected chi connectivity index (χ4v) is 5.07. The minimum Gasteiger partial charge on any atom is -0.481 e. The molecule has 6 aromatic rings. The monoisotopic (exact) mass is 589 g/mol. The van der Waals surface area contributed by atoms with Gasteiger partial charge in [-0.3, -0.25) is 13.9 Å². The Morgan fingerprint density at radius 2 is 1.43 bits per heavy atom. The third-order valence-corrected chi connectivity index (χ3v) is 7.27. The molecule has 0 aliphatic heterocycles. The standard InChI is InChI=1S/C35H28FN3O5/c1-38-33-28(17-16-27(32(33)36)26-14-12-23(13-15-26)20-31(40)41)39(35(38)42)29-18-19-30(43-21-24-8-4-2-5-9-24)37-34(29)44-22-25-10-6-3-7-11-25/h2-19H,20-22H2,1H3,(H,40,41). The van der Waals surface area contributed by atoms with Crippen LogP contribution in [0.25, 0.3) is 27.8 Å². The van der Waals surface area contributed by atoms with Gasteiger partial charge in [-0.25, -0.2) is 9.18 Å². The summed E-state index contributed by atoms with van der Waals surface area (Å²) in [6.07, 6.45) is -0.127. The molecule has 4 aromatic carbocycles. The third kappa shape index (κ3) is 5.80. The second-order valence-electron chi connectivity index (χ2n) is 10.3. The van der Waals surface area contributed by atoms with E-state index in [-0.39, 0.29) is 30.0 Å². The van der Waals surface area contributed by atoms with Crippen molar-refractivity contribution in [2.75, 3.05) is 0 Å². The van der Waals surface area contributed by atoms with Crippen molar-refractivity contribution in [3.8, 4) is 28.6 Å². The van der Waals surface area contributed by atoms with Crippen molar-refractivity contribution in [2.24, 2.45) is 7.05 Å². The Morgan fingerprint density at radius 3 is 2.07 bits per heavy atom. The highest BCUT2D eigenvalue weighted by molar-refractivity contribution is 5.85. The average Bonchev–Trinajstić information content (AvgIpc) is 3.30. The number of carbonyl (C=O) groups is 1. The predicted octanol–water partition coefficient (Wildman–Crippen LogP) is 6.32. The van der Waals surface area contributed by atoms with E-state index < -0.39 is 17.5 Å². The first kappa shape index (κ1) is 28.4. The van der Waals surface area contributed by atoms with Gasteiger partial charge >= 0.3 is 11.7 Å². The molecule has 2 heterocycles. The molecule has 0 fully saturated rings. The summed E-state index contributed by atoms with van der Waals surface area (Å²) in [6.45, 7) is 0.490. The van der Waals surface area contributed by atoms with E-state index >= 15 is 4.39 Å². The fourth-order valence-electron chi connectivity index (χ4n) is 5.07. The van der Waals surface area contributed by atoms with Crippen molar-refractivity contribution >= 4 is 17.0 Å². The Hall–Kier alpha value is -5.70. The van der Waals surface area contributed by atoms with Crippen molar-refractivity contribution in [1.82, 2.24) is 14.1 Å². The summed E-state index contributed by atoms with van der Waals surface area (Å²) in [5, 5.41) is 9.05. The Balaban J connectivity index is 1.40. The molecule has 0 atom stereocenters. The van der Waals surface area contributed by atoms with E-state index in [0.29, 0.717) is 34.8 Å². The molecule has 0 spiro atoms. The number of halogens is 1. The van der Waals surface area contributed by atoms with Crippen LogP contribution in [0.1, 0.15) is 16.7 Å². The van der Waals surface area contributed by atoms with Crippen molar-refractivity contribution in [3.63, 3.8) is 0 Å². The summed E-state index contributed by atoms with van der Waals surface area (Å²) in [6, 6.07) is 32.5. The molecule has 0 bridgehead atoms. The first-order valence-corrected chi connectivity index (χ1v) is 13.9. The van der Waals surface area contributed by atoms with Crippen LogP contribution in [0, 0.1) is 5.82 Å². The Labute approximate surface area is 252 Å². The number of benzene rings is 4. The number of hydrogen-bond acceptors (Lipinski definition) is 5. The number of nitrogens with zero attached hydrogens (tertiary/aromatic N) is 3. The van der Waals surface area contributed by atoms with Gasteiger partial charge in [0, 0.05) is 18.7 Å². The highest BCUT2D eigenvalue weighted by atomic mass is 19.1. The number of fused-ring (bicyclic) bond motifs is 1. The molecule has 0 aliphatic rings. The summed E-state index contributed by atoms with van der Waals surface area (Å²) < 4.78 is 30.8. The lowest BCUT2D eigenvalue weighted by Crippen LogP contribution is -2.21. The average molecular weight is 590 g/mol. The highest BCUT2D eigenvalue weighted by Crippen LogP contribution is 2.32. The van der Waals surface area contributed by atoms with Crippen molar-refractivity contribution in [1.29, 1.82) is 0 Å². The lowest BCUT2D eigenvalue weighted by molar-refractivity contribution is -0.136. The molecule has 8 nitrogen and oxygen atoms in total. The number of carboxylic acids is 1. The topological polar surface area (TPSA) is 95.6 Å². The second-order valence-corrected chi connectivity index (χ2v) is 10.3. The number of ether oxygens (including phenoxy) is 2. The van der Waals surface area contributed by atoms with E-state index in [9.17, 15) is 9.59 Å². The maximum absolute atomic E-state index is 16.1. The van der Waals surface area contributed by atoms with E-state index in [0.717, 1.165) is 11.1 Å². The number of rotatable bonds is 10.